The summed E-state index contributed by atoms with van der Waals surface area (Å²) in [5, 5.41) is 0. The standard InChI is InChI=1S/C18H22N2O2/c1-14(20-9-11-22-12-10-20)15-3-5-16(6-4-15)17-7-8-18(21-2)19-13-17/h3-8,13-14H,9-12H2,1-2H3/t14-/m0/s1. The van der Waals surface area contributed by atoms with Crippen LogP contribution in [0.5, 0.6) is 5.88 Å². The maximum Gasteiger partial charge on any atom is 0.212 e. The van der Waals surface area contributed by atoms with Crippen molar-refractivity contribution in [1.82, 2.24) is 9.88 Å². The van der Waals surface area contributed by atoms with Crippen molar-refractivity contribution in [3.8, 4) is 17.0 Å². The van der Waals surface area contributed by atoms with Crippen molar-refractivity contribution < 1.29 is 9.47 Å². The van der Waals surface area contributed by atoms with E-state index in [1.807, 2.05) is 18.3 Å². The van der Waals surface area contributed by atoms with E-state index in [1.54, 1.807) is 7.11 Å². The molecule has 2 aromatic rings. The van der Waals surface area contributed by atoms with E-state index < -0.39 is 0 Å². The lowest BCUT2D eigenvalue weighted by atomic mass is 10.0. The summed E-state index contributed by atoms with van der Waals surface area (Å²) in [6.07, 6.45) is 1.85. The molecule has 3 rings (SSSR count). The highest BCUT2D eigenvalue weighted by Gasteiger charge is 2.18. The second-order valence-corrected chi connectivity index (χ2v) is 5.54. The van der Waals surface area contributed by atoms with Crippen molar-refractivity contribution in [2.75, 3.05) is 33.4 Å². The van der Waals surface area contributed by atoms with Gasteiger partial charge in [-0.3, -0.25) is 4.90 Å². The van der Waals surface area contributed by atoms with E-state index in [9.17, 15) is 0 Å². The first-order valence-corrected chi connectivity index (χ1v) is 7.70. The van der Waals surface area contributed by atoms with Crippen molar-refractivity contribution in [3.63, 3.8) is 0 Å². The van der Waals surface area contributed by atoms with Gasteiger partial charge in [-0.1, -0.05) is 24.3 Å². The fourth-order valence-corrected chi connectivity index (χ4v) is 2.80. The number of rotatable bonds is 4. The smallest absolute Gasteiger partial charge is 0.212 e. The van der Waals surface area contributed by atoms with Crippen LogP contribution in [-0.4, -0.2) is 43.3 Å². The Labute approximate surface area is 131 Å². The molecule has 1 aromatic heterocycles. The summed E-state index contributed by atoms with van der Waals surface area (Å²) in [6.45, 7) is 5.94. The van der Waals surface area contributed by atoms with Crippen LogP contribution in [-0.2, 0) is 4.74 Å². The van der Waals surface area contributed by atoms with E-state index in [0.29, 0.717) is 11.9 Å². The van der Waals surface area contributed by atoms with Gasteiger partial charge in [0, 0.05) is 37.0 Å². The Morgan fingerprint density at radius 3 is 2.32 bits per heavy atom. The fourth-order valence-electron chi connectivity index (χ4n) is 2.80. The monoisotopic (exact) mass is 298 g/mol. The molecule has 2 heterocycles. The van der Waals surface area contributed by atoms with Gasteiger partial charge in [0.2, 0.25) is 5.88 Å². The molecule has 116 valence electrons. The third-order valence-corrected chi connectivity index (χ3v) is 4.27. The second-order valence-electron chi connectivity index (χ2n) is 5.54. The Balaban J connectivity index is 1.73. The minimum Gasteiger partial charge on any atom is -0.481 e. The van der Waals surface area contributed by atoms with E-state index >= 15 is 0 Å². The summed E-state index contributed by atoms with van der Waals surface area (Å²) < 4.78 is 10.5. The van der Waals surface area contributed by atoms with Crippen molar-refractivity contribution in [3.05, 3.63) is 48.2 Å². The van der Waals surface area contributed by atoms with Gasteiger partial charge >= 0.3 is 0 Å². The van der Waals surface area contributed by atoms with Gasteiger partial charge in [-0.05, 0) is 24.1 Å². The van der Waals surface area contributed by atoms with E-state index in [2.05, 4.69) is 41.1 Å². The second kappa shape index (κ2) is 6.90. The highest BCUT2D eigenvalue weighted by Crippen LogP contribution is 2.25. The van der Waals surface area contributed by atoms with Gasteiger partial charge < -0.3 is 9.47 Å². The Kier molecular flexibility index (Phi) is 4.71. The first kappa shape index (κ1) is 15.0. The molecule has 0 saturated carbocycles. The lowest BCUT2D eigenvalue weighted by molar-refractivity contribution is 0.0198. The average molecular weight is 298 g/mol. The summed E-state index contributed by atoms with van der Waals surface area (Å²) in [5.74, 6) is 0.640. The van der Waals surface area contributed by atoms with E-state index in [1.165, 1.54) is 11.1 Å². The van der Waals surface area contributed by atoms with Crippen LogP contribution < -0.4 is 4.74 Å². The number of methoxy groups -OCH3 is 1. The van der Waals surface area contributed by atoms with E-state index in [0.717, 1.165) is 31.9 Å². The zero-order valence-corrected chi connectivity index (χ0v) is 13.2. The van der Waals surface area contributed by atoms with Crippen LogP contribution >= 0.6 is 0 Å². The largest absolute Gasteiger partial charge is 0.481 e. The van der Waals surface area contributed by atoms with Crippen LogP contribution in [0.25, 0.3) is 11.1 Å². The molecule has 0 amide bonds. The third-order valence-electron chi connectivity index (χ3n) is 4.27. The highest BCUT2D eigenvalue weighted by molar-refractivity contribution is 5.63. The zero-order valence-electron chi connectivity index (χ0n) is 13.2. The summed E-state index contributed by atoms with van der Waals surface area (Å²) in [6, 6.07) is 13.1. The summed E-state index contributed by atoms with van der Waals surface area (Å²) in [5.41, 5.74) is 3.62. The third kappa shape index (κ3) is 3.29. The van der Waals surface area contributed by atoms with Gasteiger partial charge in [-0.25, -0.2) is 4.98 Å². The van der Waals surface area contributed by atoms with Crippen LogP contribution in [0.1, 0.15) is 18.5 Å². The number of ether oxygens (including phenoxy) is 2. The lowest BCUT2D eigenvalue weighted by Crippen LogP contribution is -2.37. The minimum atomic E-state index is 0.423. The molecule has 1 aliphatic heterocycles. The molecule has 4 nitrogen and oxygen atoms in total. The van der Waals surface area contributed by atoms with Crippen molar-refractivity contribution in [2.45, 2.75) is 13.0 Å². The quantitative estimate of drug-likeness (QED) is 0.868. The molecule has 1 fully saturated rings. The molecule has 0 bridgehead atoms. The molecule has 1 aromatic carbocycles. The molecule has 0 spiro atoms. The molecule has 4 heteroatoms. The molecule has 0 radical (unpaired) electrons. The Hall–Kier alpha value is -1.91. The molecule has 22 heavy (non-hydrogen) atoms. The summed E-state index contributed by atoms with van der Waals surface area (Å²) >= 11 is 0. The molecular formula is C18H22N2O2. The summed E-state index contributed by atoms with van der Waals surface area (Å²) in [4.78, 5) is 6.73. The Bertz CT molecular complexity index is 589. The first-order valence-electron chi connectivity index (χ1n) is 7.70. The van der Waals surface area contributed by atoms with Crippen LogP contribution in [0, 0.1) is 0 Å². The number of pyridine rings is 1. The van der Waals surface area contributed by atoms with Gasteiger partial charge in [0.1, 0.15) is 0 Å². The van der Waals surface area contributed by atoms with Gasteiger partial charge in [0.15, 0.2) is 0 Å². The van der Waals surface area contributed by atoms with Crippen LogP contribution in [0.3, 0.4) is 0 Å². The Morgan fingerprint density at radius 2 is 1.73 bits per heavy atom. The number of hydrogen-bond acceptors (Lipinski definition) is 4. The average Bonchev–Trinajstić information content (AvgIpc) is 2.62. The van der Waals surface area contributed by atoms with E-state index in [4.69, 9.17) is 9.47 Å². The molecule has 0 N–H and O–H groups in total. The SMILES string of the molecule is COc1ccc(-c2ccc([C@H](C)N3CCOCC3)cc2)cn1. The molecule has 1 atom stereocenters. The van der Waals surface area contributed by atoms with Gasteiger partial charge in [0.25, 0.3) is 0 Å². The predicted octanol–water partition coefficient (Wildman–Crippen LogP) is 3.15. The number of nitrogens with zero attached hydrogens (tertiary/aromatic N) is 2. The predicted molar refractivity (Wildman–Crippen MR) is 87.0 cm³/mol. The zero-order chi connectivity index (χ0) is 15.4. The van der Waals surface area contributed by atoms with Crippen molar-refractivity contribution in [2.24, 2.45) is 0 Å². The topological polar surface area (TPSA) is 34.6 Å². The molecule has 0 aliphatic carbocycles. The number of hydrogen-bond donors (Lipinski definition) is 0. The fraction of sp³-hybridized carbons (Fsp3) is 0.389. The molecule has 0 unspecified atom stereocenters. The van der Waals surface area contributed by atoms with Crippen LogP contribution in [0.15, 0.2) is 42.6 Å². The first-order chi connectivity index (χ1) is 10.8. The van der Waals surface area contributed by atoms with Crippen LogP contribution in [0.4, 0.5) is 0 Å². The number of aromatic nitrogens is 1. The van der Waals surface area contributed by atoms with Crippen molar-refractivity contribution >= 4 is 0 Å². The van der Waals surface area contributed by atoms with Crippen molar-refractivity contribution in [1.29, 1.82) is 0 Å². The van der Waals surface area contributed by atoms with Gasteiger partial charge in [0.05, 0.1) is 20.3 Å². The van der Waals surface area contributed by atoms with Crippen LogP contribution in [0.2, 0.25) is 0 Å². The maximum atomic E-state index is 5.42. The molecule has 1 saturated heterocycles. The lowest BCUT2D eigenvalue weighted by Gasteiger charge is -2.32. The maximum absolute atomic E-state index is 5.42. The normalized spacial score (nSPS) is 17.2. The number of benzene rings is 1. The van der Waals surface area contributed by atoms with Gasteiger partial charge in [-0.2, -0.15) is 0 Å². The minimum absolute atomic E-state index is 0.423. The number of morpholine rings is 1. The highest BCUT2D eigenvalue weighted by atomic mass is 16.5. The molecular weight excluding hydrogens is 276 g/mol. The van der Waals surface area contributed by atoms with E-state index in [-0.39, 0.29) is 0 Å². The van der Waals surface area contributed by atoms with Gasteiger partial charge in [-0.15, -0.1) is 0 Å². The Morgan fingerprint density at radius 1 is 1.05 bits per heavy atom. The molecule has 1 aliphatic rings. The summed E-state index contributed by atoms with van der Waals surface area (Å²) in [7, 11) is 1.63.